The average Bonchev–Trinajstić information content (AvgIpc) is 3.64. The Bertz CT molecular complexity index is 1480. The summed E-state index contributed by atoms with van der Waals surface area (Å²) in [6.45, 7) is 5.42. The van der Waals surface area contributed by atoms with Crippen molar-refractivity contribution in [2.75, 3.05) is 27.7 Å². The van der Waals surface area contributed by atoms with E-state index in [9.17, 15) is 5.26 Å². The summed E-state index contributed by atoms with van der Waals surface area (Å²) < 4.78 is 12.5. The predicted octanol–water partition coefficient (Wildman–Crippen LogP) is 5.50. The number of likely N-dealkylation sites (N-methyl/N-ethyl adjacent to an activating group) is 1. The monoisotopic (exact) mass is 559 g/mol. The standard InChI is InChI=1S/C30H37N7O2S/c1-19(29(2)12-8-16-37(29)5)38-28-32-15-11-22(34-28)25-20-9-6-13-30(26(20)39-35-25)14-7-10-23-24(30)21(17-31)27(40-23)33-18-36(3)4/h11,15,18-19H,6-10,12-14,16H2,1-5H3/b33-18+/t19-,29+,30-/m0/s1. The van der Waals surface area contributed by atoms with E-state index in [1.165, 1.54) is 4.88 Å². The van der Waals surface area contributed by atoms with E-state index in [2.05, 4.69) is 47.0 Å². The molecule has 10 heteroatoms. The lowest BCUT2D eigenvalue weighted by atomic mass is 9.63. The molecule has 0 N–H and O–H groups in total. The van der Waals surface area contributed by atoms with Gasteiger partial charge in [0.25, 0.3) is 0 Å². The second-order valence-corrected chi connectivity index (χ2v) is 13.0. The fourth-order valence-corrected chi connectivity index (χ4v) is 8.14. The molecule has 40 heavy (non-hydrogen) atoms. The van der Waals surface area contributed by atoms with Crippen LogP contribution in [0.15, 0.2) is 21.8 Å². The minimum absolute atomic E-state index is 0.0497. The zero-order chi connectivity index (χ0) is 28.1. The Morgan fingerprint density at radius 1 is 1.25 bits per heavy atom. The molecule has 3 aromatic heterocycles. The SMILES string of the molecule is C[C@H](Oc1nccc(-c2noc3c2CCC[C@@]32CCCc3sc(/N=C/N(C)C)c(C#N)c32)n1)[C@@]1(C)CCCN1C. The number of hydrogen-bond donors (Lipinski definition) is 0. The van der Waals surface area contributed by atoms with Crippen LogP contribution in [-0.2, 0) is 18.3 Å². The Kier molecular flexibility index (Phi) is 6.91. The molecule has 210 valence electrons. The molecular weight excluding hydrogens is 522 g/mol. The van der Waals surface area contributed by atoms with Crippen LogP contribution in [0.25, 0.3) is 11.4 Å². The summed E-state index contributed by atoms with van der Waals surface area (Å²) in [4.78, 5) is 19.4. The maximum Gasteiger partial charge on any atom is 0.317 e. The highest BCUT2D eigenvalue weighted by molar-refractivity contribution is 7.16. The van der Waals surface area contributed by atoms with Crippen molar-refractivity contribution in [3.05, 3.63) is 39.6 Å². The first-order valence-corrected chi connectivity index (χ1v) is 15.1. The normalized spacial score (nSPS) is 25.1. The first-order chi connectivity index (χ1) is 19.3. The summed E-state index contributed by atoms with van der Waals surface area (Å²) in [5.41, 5.74) is 3.93. The second kappa shape index (κ2) is 10.3. The third kappa shape index (κ3) is 4.31. The van der Waals surface area contributed by atoms with E-state index >= 15 is 0 Å². The van der Waals surface area contributed by atoms with Crippen LogP contribution in [0.3, 0.4) is 0 Å². The second-order valence-electron chi connectivity index (χ2n) is 11.9. The van der Waals surface area contributed by atoms with Gasteiger partial charge in [-0.2, -0.15) is 10.2 Å². The van der Waals surface area contributed by atoms with Crippen molar-refractivity contribution >= 4 is 22.7 Å². The van der Waals surface area contributed by atoms with Crippen LogP contribution in [0.1, 0.15) is 79.7 Å². The van der Waals surface area contributed by atoms with Crippen LogP contribution in [-0.4, -0.2) is 70.6 Å². The van der Waals surface area contributed by atoms with Crippen molar-refractivity contribution in [3.8, 4) is 23.5 Å². The van der Waals surface area contributed by atoms with Gasteiger partial charge in [-0.15, -0.1) is 11.3 Å². The number of fused-ring (bicyclic) bond motifs is 4. The highest BCUT2D eigenvalue weighted by Crippen LogP contribution is 2.56. The van der Waals surface area contributed by atoms with Gasteiger partial charge in [-0.1, -0.05) is 5.16 Å². The molecule has 9 nitrogen and oxygen atoms in total. The number of aryl methyl sites for hydroxylation is 1. The molecule has 1 aliphatic heterocycles. The van der Waals surface area contributed by atoms with Crippen molar-refractivity contribution in [1.82, 2.24) is 24.9 Å². The van der Waals surface area contributed by atoms with E-state index in [0.717, 1.165) is 85.5 Å². The first-order valence-electron chi connectivity index (χ1n) is 14.2. The van der Waals surface area contributed by atoms with Crippen LogP contribution in [0.2, 0.25) is 0 Å². The molecule has 1 fully saturated rings. The zero-order valence-corrected chi connectivity index (χ0v) is 24.8. The van der Waals surface area contributed by atoms with E-state index < -0.39 is 0 Å². The van der Waals surface area contributed by atoms with Gasteiger partial charge in [0, 0.05) is 30.7 Å². The number of likely N-dealkylation sites (tertiary alicyclic amines) is 1. The Labute approximate surface area is 239 Å². The molecule has 3 aromatic rings. The van der Waals surface area contributed by atoms with Gasteiger partial charge in [-0.3, -0.25) is 4.90 Å². The fraction of sp³-hybridized carbons (Fsp3) is 0.567. The number of hydrogen-bond acceptors (Lipinski definition) is 9. The van der Waals surface area contributed by atoms with E-state index in [-0.39, 0.29) is 17.1 Å². The highest BCUT2D eigenvalue weighted by Gasteiger charge is 2.49. The minimum Gasteiger partial charge on any atom is -0.458 e. The Balaban J connectivity index is 1.37. The molecule has 3 aliphatic rings. The maximum atomic E-state index is 10.3. The van der Waals surface area contributed by atoms with Crippen molar-refractivity contribution in [3.63, 3.8) is 0 Å². The van der Waals surface area contributed by atoms with Crippen LogP contribution >= 0.6 is 11.3 Å². The molecule has 1 spiro atoms. The predicted molar refractivity (Wildman–Crippen MR) is 155 cm³/mol. The number of aromatic nitrogens is 3. The molecule has 0 bridgehead atoms. The number of ether oxygens (including phenoxy) is 1. The van der Waals surface area contributed by atoms with Crippen LogP contribution in [0.5, 0.6) is 6.01 Å². The maximum absolute atomic E-state index is 10.3. The first kappa shape index (κ1) is 26.9. The zero-order valence-electron chi connectivity index (χ0n) is 24.0. The number of thiophene rings is 1. The molecule has 4 heterocycles. The van der Waals surface area contributed by atoms with Gasteiger partial charge in [0.1, 0.15) is 22.9 Å². The van der Waals surface area contributed by atoms with E-state index in [1.807, 2.05) is 25.1 Å². The summed E-state index contributed by atoms with van der Waals surface area (Å²) in [7, 11) is 6.03. The van der Waals surface area contributed by atoms with E-state index in [0.29, 0.717) is 17.3 Å². The van der Waals surface area contributed by atoms with Crippen LogP contribution in [0.4, 0.5) is 5.00 Å². The molecule has 0 saturated carbocycles. The quantitative estimate of drug-likeness (QED) is 0.288. The van der Waals surface area contributed by atoms with Crippen LogP contribution in [0, 0.1) is 11.3 Å². The van der Waals surface area contributed by atoms with Gasteiger partial charge >= 0.3 is 6.01 Å². The number of nitrogens with zero attached hydrogens (tertiary/aromatic N) is 7. The Morgan fingerprint density at radius 3 is 2.77 bits per heavy atom. The van der Waals surface area contributed by atoms with Crippen LogP contribution < -0.4 is 4.74 Å². The smallest absolute Gasteiger partial charge is 0.317 e. The fourth-order valence-electron chi connectivity index (χ4n) is 6.91. The molecule has 6 rings (SSSR count). The Morgan fingerprint density at radius 2 is 2.05 bits per heavy atom. The number of nitriles is 1. The molecule has 0 unspecified atom stereocenters. The van der Waals surface area contributed by atoms with Gasteiger partial charge < -0.3 is 14.2 Å². The summed E-state index contributed by atoms with van der Waals surface area (Å²) in [5.74, 6) is 0.890. The number of rotatable bonds is 6. The lowest BCUT2D eigenvalue weighted by molar-refractivity contribution is 0.0410. The van der Waals surface area contributed by atoms with E-state index in [1.54, 1.807) is 23.9 Å². The number of aliphatic imine (C=N–C) groups is 1. The highest BCUT2D eigenvalue weighted by atomic mass is 32.1. The lowest BCUT2D eigenvalue weighted by Gasteiger charge is -2.39. The van der Waals surface area contributed by atoms with Gasteiger partial charge in [0.05, 0.1) is 28.5 Å². The molecule has 0 aromatic carbocycles. The molecule has 0 radical (unpaired) electrons. The van der Waals surface area contributed by atoms with Crippen molar-refractivity contribution in [2.24, 2.45) is 4.99 Å². The van der Waals surface area contributed by atoms with Crippen molar-refractivity contribution < 1.29 is 9.26 Å². The molecule has 3 atom stereocenters. The largest absolute Gasteiger partial charge is 0.458 e. The van der Waals surface area contributed by atoms with Gasteiger partial charge in [0.15, 0.2) is 5.76 Å². The average molecular weight is 560 g/mol. The summed E-state index contributed by atoms with van der Waals surface area (Å²) in [6.07, 6.45) is 11.4. The Hall–Kier alpha value is -3.29. The van der Waals surface area contributed by atoms with Gasteiger partial charge in [0.2, 0.25) is 0 Å². The minimum atomic E-state index is -0.359. The molecule has 1 saturated heterocycles. The molecule has 0 amide bonds. The molecule has 2 aliphatic carbocycles. The van der Waals surface area contributed by atoms with Gasteiger partial charge in [-0.25, -0.2) is 9.98 Å². The third-order valence-corrected chi connectivity index (χ3v) is 10.5. The lowest BCUT2D eigenvalue weighted by Crippen LogP contribution is -2.50. The van der Waals surface area contributed by atoms with Crippen molar-refractivity contribution in [2.45, 2.75) is 82.3 Å². The van der Waals surface area contributed by atoms with Crippen molar-refractivity contribution in [1.29, 1.82) is 5.26 Å². The summed E-state index contributed by atoms with van der Waals surface area (Å²) in [6, 6.07) is 4.74. The van der Waals surface area contributed by atoms with E-state index in [4.69, 9.17) is 14.2 Å². The summed E-state index contributed by atoms with van der Waals surface area (Å²) in [5, 5.41) is 15.6. The molecular formula is C30H37N7O2S. The summed E-state index contributed by atoms with van der Waals surface area (Å²) >= 11 is 1.64. The topological polar surface area (TPSA) is 104 Å². The third-order valence-electron chi connectivity index (χ3n) is 9.30. The van der Waals surface area contributed by atoms with Gasteiger partial charge in [-0.05, 0) is 90.4 Å².